The second kappa shape index (κ2) is 8.11. The van der Waals surface area contributed by atoms with E-state index in [4.69, 9.17) is 4.74 Å². The van der Waals surface area contributed by atoms with Crippen LogP contribution < -0.4 is 21.4 Å². The average Bonchev–Trinajstić information content (AvgIpc) is 3.12. The lowest BCUT2D eigenvalue weighted by Crippen LogP contribution is -2.33. The summed E-state index contributed by atoms with van der Waals surface area (Å²) in [4.78, 5) is 26.5. The van der Waals surface area contributed by atoms with Crippen molar-refractivity contribution in [3.8, 4) is 11.6 Å². The van der Waals surface area contributed by atoms with Crippen LogP contribution in [0.4, 0.5) is 0 Å². The van der Waals surface area contributed by atoms with Crippen molar-refractivity contribution in [3.05, 3.63) is 56.2 Å². The van der Waals surface area contributed by atoms with Crippen LogP contribution in [0.2, 0.25) is 0 Å². The molecule has 1 atom stereocenters. The summed E-state index contributed by atoms with van der Waals surface area (Å²) >= 11 is 0. The van der Waals surface area contributed by atoms with Crippen molar-refractivity contribution in [2.24, 2.45) is 5.10 Å². The highest BCUT2D eigenvalue weighted by atomic mass is 16.5. The average molecular weight is 372 g/mol. The van der Waals surface area contributed by atoms with Crippen LogP contribution in [0.3, 0.4) is 0 Å². The summed E-state index contributed by atoms with van der Waals surface area (Å²) < 4.78 is 6.63. The highest BCUT2D eigenvalue weighted by Gasteiger charge is 2.27. The lowest BCUT2D eigenvalue weighted by Gasteiger charge is -2.12. The van der Waals surface area contributed by atoms with E-state index in [1.54, 1.807) is 0 Å². The van der Waals surface area contributed by atoms with E-state index in [9.17, 15) is 14.7 Å². The van der Waals surface area contributed by atoms with Crippen LogP contribution in [0.5, 0.6) is 11.6 Å². The van der Waals surface area contributed by atoms with Crippen molar-refractivity contribution in [1.82, 2.24) is 15.0 Å². The number of hydrazone groups is 1. The van der Waals surface area contributed by atoms with Crippen molar-refractivity contribution in [1.29, 1.82) is 0 Å². The minimum absolute atomic E-state index is 0.0478. The molecule has 3 N–H and O–H groups in total. The summed E-state index contributed by atoms with van der Waals surface area (Å²) in [6.07, 6.45) is 2.01. The van der Waals surface area contributed by atoms with E-state index >= 15 is 0 Å². The molecule has 1 aliphatic rings. The van der Waals surface area contributed by atoms with Gasteiger partial charge in [-0.3, -0.25) is 14.3 Å². The highest BCUT2D eigenvalue weighted by Crippen LogP contribution is 2.27. The fourth-order valence-electron chi connectivity index (χ4n) is 3.10. The lowest BCUT2D eigenvalue weighted by molar-refractivity contribution is 0.340. The Morgan fingerprint density at radius 2 is 2.00 bits per heavy atom. The molecule has 3 rings (SSSR count). The maximum Gasteiger partial charge on any atom is 0.331 e. The van der Waals surface area contributed by atoms with Crippen LogP contribution in [0.25, 0.3) is 0 Å². The van der Waals surface area contributed by atoms with Gasteiger partial charge in [0.15, 0.2) is 0 Å². The van der Waals surface area contributed by atoms with Gasteiger partial charge in [-0.25, -0.2) is 4.79 Å². The van der Waals surface area contributed by atoms with Crippen LogP contribution in [0.15, 0.2) is 39.0 Å². The predicted octanol–water partition coefficient (Wildman–Crippen LogP) is 1.88. The molecule has 1 aromatic carbocycles. The standard InChI is InChI=1S/C19H24N4O4/c1-3-5-10-23-18(25)16(17(24)20-19(23)26)15-11-14(21-22-15)12-6-8-13(9-7-12)27-4-2/h6-9,14,21,25H,3-5,10-11H2,1-2H3,(H,20,24,26). The SMILES string of the molecule is CCCCn1c(O)c(C2=NNC(c3ccc(OCC)cc3)C2)c(=O)[nH]c1=O. The van der Waals surface area contributed by atoms with Crippen LogP contribution in [-0.4, -0.2) is 27.0 Å². The fourth-order valence-corrected chi connectivity index (χ4v) is 3.10. The Balaban J connectivity index is 1.84. The van der Waals surface area contributed by atoms with Gasteiger partial charge in [0.25, 0.3) is 5.56 Å². The van der Waals surface area contributed by atoms with E-state index in [1.165, 1.54) is 4.57 Å². The summed E-state index contributed by atoms with van der Waals surface area (Å²) in [6, 6.07) is 7.52. The van der Waals surface area contributed by atoms with E-state index in [0.717, 1.165) is 24.2 Å². The lowest BCUT2D eigenvalue weighted by atomic mass is 10.00. The first-order chi connectivity index (χ1) is 13.0. The molecule has 1 aliphatic heterocycles. The van der Waals surface area contributed by atoms with E-state index in [-0.39, 0.29) is 17.5 Å². The van der Waals surface area contributed by atoms with Gasteiger partial charge in [0.05, 0.1) is 18.4 Å². The molecule has 1 aromatic heterocycles. The molecular formula is C19H24N4O4. The maximum atomic E-state index is 12.3. The largest absolute Gasteiger partial charge is 0.494 e. The number of nitrogens with zero attached hydrogens (tertiary/aromatic N) is 2. The molecule has 0 radical (unpaired) electrons. The Morgan fingerprint density at radius 3 is 2.67 bits per heavy atom. The highest BCUT2D eigenvalue weighted by molar-refractivity contribution is 6.03. The van der Waals surface area contributed by atoms with Gasteiger partial charge in [-0.1, -0.05) is 25.5 Å². The molecule has 1 unspecified atom stereocenters. The summed E-state index contributed by atoms with van der Waals surface area (Å²) in [7, 11) is 0. The van der Waals surface area contributed by atoms with Gasteiger partial charge in [0.2, 0.25) is 5.88 Å². The third-order valence-electron chi connectivity index (χ3n) is 4.54. The Kier molecular flexibility index (Phi) is 5.63. The number of H-pyrrole nitrogens is 1. The second-order valence-corrected chi connectivity index (χ2v) is 6.41. The van der Waals surface area contributed by atoms with Crippen molar-refractivity contribution >= 4 is 5.71 Å². The summed E-state index contributed by atoms with van der Waals surface area (Å²) in [5, 5.41) is 14.7. The molecule has 0 amide bonds. The van der Waals surface area contributed by atoms with Crippen molar-refractivity contribution in [3.63, 3.8) is 0 Å². The number of ether oxygens (including phenoxy) is 1. The number of hydrogen-bond donors (Lipinski definition) is 3. The summed E-state index contributed by atoms with van der Waals surface area (Å²) in [6.45, 7) is 4.86. The first-order valence-corrected chi connectivity index (χ1v) is 9.16. The zero-order valence-corrected chi connectivity index (χ0v) is 15.5. The molecule has 8 heteroatoms. The molecule has 0 spiro atoms. The first kappa shape index (κ1) is 18.8. The summed E-state index contributed by atoms with van der Waals surface area (Å²) in [5.74, 6) is 0.461. The van der Waals surface area contributed by atoms with Gasteiger partial charge in [0.1, 0.15) is 11.3 Å². The Labute approximate surface area is 156 Å². The zero-order chi connectivity index (χ0) is 19.4. The molecular weight excluding hydrogens is 348 g/mol. The van der Waals surface area contributed by atoms with Gasteiger partial charge in [0, 0.05) is 13.0 Å². The molecule has 2 aromatic rings. The smallest absolute Gasteiger partial charge is 0.331 e. The fraction of sp³-hybridized carbons (Fsp3) is 0.421. The predicted molar refractivity (Wildman–Crippen MR) is 103 cm³/mol. The quantitative estimate of drug-likeness (QED) is 0.688. The Bertz CT molecular complexity index is 944. The number of nitrogens with one attached hydrogen (secondary N) is 2. The first-order valence-electron chi connectivity index (χ1n) is 9.16. The molecule has 0 saturated heterocycles. The van der Waals surface area contributed by atoms with E-state index in [1.807, 2.05) is 38.1 Å². The van der Waals surface area contributed by atoms with Gasteiger partial charge in [-0.2, -0.15) is 5.10 Å². The molecule has 0 saturated carbocycles. The molecule has 144 valence electrons. The second-order valence-electron chi connectivity index (χ2n) is 6.41. The van der Waals surface area contributed by atoms with Crippen LogP contribution in [0.1, 0.15) is 50.3 Å². The van der Waals surface area contributed by atoms with Crippen LogP contribution >= 0.6 is 0 Å². The number of hydrogen-bond acceptors (Lipinski definition) is 6. The molecule has 8 nitrogen and oxygen atoms in total. The maximum absolute atomic E-state index is 12.3. The zero-order valence-electron chi connectivity index (χ0n) is 15.5. The van der Waals surface area contributed by atoms with E-state index < -0.39 is 11.2 Å². The van der Waals surface area contributed by atoms with Crippen molar-refractivity contribution in [2.45, 2.75) is 45.7 Å². The van der Waals surface area contributed by atoms with Gasteiger partial charge in [-0.05, 0) is 31.0 Å². The van der Waals surface area contributed by atoms with Gasteiger partial charge in [-0.15, -0.1) is 0 Å². The van der Waals surface area contributed by atoms with Crippen molar-refractivity contribution < 1.29 is 9.84 Å². The number of benzene rings is 1. The van der Waals surface area contributed by atoms with E-state index in [2.05, 4.69) is 15.5 Å². The Morgan fingerprint density at radius 1 is 1.26 bits per heavy atom. The molecule has 27 heavy (non-hydrogen) atoms. The van der Waals surface area contributed by atoms with Gasteiger partial charge < -0.3 is 15.3 Å². The number of unbranched alkanes of at least 4 members (excludes halogenated alkanes) is 1. The number of aromatic nitrogens is 2. The Hall–Kier alpha value is -3.03. The minimum atomic E-state index is -0.627. The summed E-state index contributed by atoms with van der Waals surface area (Å²) in [5.41, 5.74) is 3.24. The van der Waals surface area contributed by atoms with E-state index in [0.29, 0.717) is 25.3 Å². The minimum Gasteiger partial charge on any atom is -0.494 e. The monoisotopic (exact) mass is 372 g/mol. The molecule has 0 aliphatic carbocycles. The number of rotatable bonds is 7. The normalized spacial score (nSPS) is 16.1. The van der Waals surface area contributed by atoms with Crippen molar-refractivity contribution in [2.75, 3.05) is 6.61 Å². The number of aromatic hydroxyl groups is 1. The van der Waals surface area contributed by atoms with Gasteiger partial charge >= 0.3 is 5.69 Å². The van der Waals surface area contributed by atoms with Crippen LogP contribution in [-0.2, 0) is 6.54 Å². The molecule has 0 bridgehead atoms. The molecule has 2 heterocycles. The third-order valence-corrected chi connectivity index (χ3v) is 4.54. The number of aromatic amines is 1. The van der Waals surface area contributed by atoms with Crippen LogP contribution in [0, 0.1) is 0 Å². The topological polar surface area (TPSA) is 109 Å². The third kappa shape index (κ3) is 3.89. The molecule has 0 fully saturated rings.